The number of pyridine rings is 2. The molecule has 0 unspecified atom stereocenters. The minimum atomic E-state index is -3.92. The van der Waals surface area contributed by atoms with Crippen molar-refractivity contribution in [2.45, 2.75) is 76.0 Å². The Bertz CT molecular complexity index is 1750. The molecule has 214 valence electrons. The van der Waals surface area contributed by atoms with Crippen molar-refractivity contribution in [3.63, 3.8) is 0 Å². The second-order valence-corrected chi connectivity index (χ2v) is 12.7. The number of rotatable bonds is 8. The molecular formula is C29H32N6O5S. The van der Waals surface area contributed by atoms with E-state index in [4.69, 9.17) is 9.72 Å². The zero-order chi connectivity index (χ0) is 28.9. The molecule has 1 aliphatic heterocycles. The Balaban J connectivity index is 1.39. The topological polar surface area (TPSA) is 140 Å². The van der Waals surface area contributed by atoms with Gasteiger partial charge in [0.1, 0.15) is 16.5 Å². The highest BCUT2D eigenvalue weighted by Crippen LogP contribution is 2.39. The molecule has 0 spiro atoms. The smallest absolute Gasteiger partial charge is 0.304 e. The first kappa shape index (κ1) is 27.3. The van der Waals surface area contributed by atoms with Crippen LogP contribution in [0.5, 0.6) is 5.88 Å². The fourth-order valence-corrected chi connectivity index (χ4v) is 6.96. The van der Waals surface area contributed by atoms with Gasteiger partial charge in [-0.15, -0.1) is 5.10 Å². The number of aromatic nitrogens is 5. The first-order valence-corrected chi connectivity index (χ1v) is 15.3. The van der Waals surface area contributed by atoms with E-state index >= 15 is 0 Å². The maximum Gasteiger partial charge on any atom is 0.304 e. The number of carboxylic acids is 1. The number of carbonyl (C=O) groups is 1. The van der Waals surface area contributed by atoms with Crippen LogP contribution in [0.3, 0.4) is 0 Å². The fourth-order valence-electron chi connectivity index (χ4n) is 5.46. The first-order chi connectivity index (χ1) is 19.7. The van der Waals surface area contributed by atoms with Crippen LogP contribution in [-0.4, -0.2) is 61.4 Å². The summed E-state index contributed by atoms with van der Waals surface area (Å²) in [4.78, 5) is 21.1. The van der Waals surface area contributed by atoms with Crippen molar-refractivity contribution in [1.29, 1.82) is 0 Å². The van der Waals surface area contributed by atoms with Crippen molar-refractivity contribution in [2.24, 2.45) is 0 Å². The number of carboxylic acid groups (broad SMARTS) is 1. The fraction of sp³-hybridized carbons (Fsp3) is 0.414. The summed E-state index contributed by atoms with van der Waals surface area (Å²) in [6, 6.07) is 11.1. The van der Waals surface area contributed by atoms with E-state index in [1.165, 1.54) is 16.6 Å². The Hall–Kier alpha value is -3.90. The number of nitrogens with zero attached hydrogens (tertiary/aromatic N) is 6. The lowest BCUT2D eigenvalue weighted by atomic mass is 9.88. The maximum atomic E-state index is 13.7. The molecule has 1 aromatic carbocycles. The van der Waals surface area contributed by atoms with Crippen molar-refractivity contribution in [1.82, 2.24) is 29.3 Å². The second kappa shape index (κ2) is 10.5. The molecule has 41 heavy (non-hydrogen) atoms. The normalized spacial score (nSPS) is 19.3. The molecule has 0 saturated heterocycles. The van der Waals surface area contributed by atoms with Crippen LogP contribution in [0, 0.1) is 13.8 Å². The predicted molar refractivity (Wildman–Crippen MR) is 150 cm³/mol. The molecule has 12 heteroatoms. The highest BCUT2D eigenvalue weighted by Gasteiger charge is 2.36. The van der Waals surface area contributed by atoms with Gasteiger partial charge in [0, 0.05) is 17.8 Å². The van der Waals surface area contributed by atoms with Crippen molar-refractivity contribution in [3.05, 3.63) is 70.7 Å². The van der Waals surface area contributed by atoms with Gasteiger partial charge in [-0.2, -0.15) is 4.31 Å². The zero-order valence-electron chi connectivity index (χ0n) is 23.2. The summed E-state index contributed by atoms with van der Waals surface area (Å²) in [5.74, 6) is -1.41. The van der Waals surface area contributed by atoms with Crippen molar-refractivity contribution < 1.29 is 23.1 Å². The Labute approximate surface area is 238 Å². The molecule has 1 aliphatic carbocycles. The maximum absolute atomic E-state index is 13.7. The number of aliphatic carboxylic acids is 1. The van der Waals surface area contributed by atoms with Crippen LogP contribution in [-0.2, 0) is 21.4 Å². The van der Waals surface area contributed by atoms with Gasteiger partial charge in [-0.05, 0) is 74.1 Å². The zero-order valence-corrected chi connectivity index (χ0v) is 24.0. The van der Waals surface area contributed by atoms with Gasteiger partial charge in [0.15, 0.2) is 0 Å². The van der Waals surface area contributed by atoms with E-state index in [0.29, 0.717) is 23.9 Å². The number of hydrogen-bond acceptors (Lipinski definition) is 8. The largest absolute Gasteiger partial charge is 0.481 e. The van der Waals surface area contributed by atoms with E-state index in [2.05, 4.69) is 15.3 Å². The summed E-state index contributed by atoms with van der Waals surface area (Å²) < 4.78 is 36.7. The molecule has 4 heterocycles. The summed E-state index contributed by atoms with van der Waals surface area (Å²) in [7, 11) is -3.92. The highest BCUT2D eigenvalue weighted by atomic mass is 32.2. The predicted octanol–water partition coefficient (Wildman–Crippen LogP) is 4.14. The Morgan fingerprint density at radius 2 is 1.98 bits per heavy atom. The van der Waals surface area contributed by atoms with Gasteiger partial charge in [0.2, 0.25) is 15.9 Å². The molecule has 0 radical (unpaired) electrons. The summed E-state index contributed by atoms with van der Waals surface area (Å²) in [6.07, 6.45) is 3.73. The number of ether oxygens (including phenoxy) is 1. The summed E-state index contributed by atoms with van der Waals surface area (Å²) >= 11 is 0. The molecule has 1 fully saturated rings. The molecule has 1 saturated carbocycles. The monoisotopic (exact) mass is 576 g/mol. The van der Waals surface area contributed by atoms with Crippen LogP contribution >= 0.6 is 0 Å². The standard InChI is InChI=1S/C29H32N6O5S/c1-4-20-15-34(41(38,39)26-6-5-13-30-29(26)40-20)16-24-17(2)7-11-23(31-24)22(14-27(36)37)21-10-12-25-28(18(21)3)32-33-35(25)19-8-9-19/h5-7,10-13,19-20,22H,4,8-9,14-16H2,1-3H3,(H,36,37)/t20-,22+/m1/s1. The number of benzene rings is 1. The van der Waals surface area contributed by atoms with Crippen LogP contribution in [0.25, 0.3) is 11.0 Å². The minimum absolute atomic E-state index is 0.0176. The van der Waals surface area contributed by atoms with Gasteiger partial charge in [0.25, 0.3) is 0 Å². The third-order valence-corrected chi connectivity index (χ3v) is 9.81. The summed E-state index contributed by atoms with van der Waals surface area (Å²) in [6.45, 7) is 5.91. The summed E-state index contributed by atoms with van der Waals surface area (Å²) in [5.41, 5.74) is 5.30. The first-order valence-electron chi connectivity index (χ1n) is 13.8. The molecular weight excluding hydrogens is 544 g/mol. The van der Waals surface area contributed by atoms with Gasteiger partial charge in [-0.1, -0.05) is 24.3 Å². The van der Waals surface area contributed by atoms with Gasteiger partial charge >= 0.3 is 5.97 Å². The molecule has 6 rings (SSSR count). The van der Waals surface area contributed by atoms with Crippen LogP contribution in [0.4, 0.5) is 0 Å². The van der Waals surface area contributed by atoms with E-state index in [0.717, 1.165) is 40.6 Å². The van der Waals surface area contributed by atoms with Crippen molar-refractivity contribution >= 4 is 27.0 Å². The lowest BCUT2D eigenvalue weighted by Gasteiger charge is -2.24. The van der Waals surface area contributed by atoms with E-state index < -0.39 is 21.9 Å². The molecule has 11 nitrogen and oxygen atoms in total. The number of aryl methyl sites for hydroxylation is 2. The van der Waals surface area contributed by atoms with Crippen molar-refractivity contribution in [3.8, 4) is 5.88 Å². The average molecular weight is 577 g/mol. The molecule has 0 amide bonds. The molecule has 3 aromatic heterocycles. The van der Waals surface area contributed by atoms with E-state index in [1.54, 1.807) is 6.07 Å². The number of hydrogen-bond donors (Lipinski definition) is 1. The SMILES string of the molecule is CC[C@@H]1CN(Cc2nc([C@@H](CC(=O)O)c3ccc4c(nnn4C4CC4)c3C)ccc2C)S(=O)(=O)c2cccnc2O1. The van der Waals surface area contributed by atoms with E-state index in [-0.39, 0.29) is 36.4 Å². The second-order valence-electron chi connectivity index (χ2n) is 10.8. The molecule has 1 N–H and O–H groups in total. The van der Waals surface area contributed by atoms with Gasteiger partial charge in [-0.25, -0.2) is 18.1 Å². The highest BCUT2D eigenvalue weighted by molar-refractivity contribution is 7.89. The molecule has 4 aromatic rings. The molecule has 2 aliphatic rings. The van der Waals surface area contributed by atoms with Crippen LogP contribution in [0.1, 0.15) is 72.6 Å². The van der Waals surface area contributed by atoms with Gasteiger partial charge < -0.3 is 9.84 Å². The van der Waals surface area contributed by atoms with Crippen LogP contribution in [0.15, 0.2) is 47.5 Å². The summed E-state index contributed by atoms with van der Waals surface area (Å²) in [5, 5.41) is 18.6. The van der Waals surface area contributed by atoms with Gasteiger partial charge in [-0.3, -0.25) is 9.78 Å². The quantitative estimate of drug-likeness (QED) is 0.328. The van der Waals surface area contributed by atoms with Crippen LogP contribution < -0.4 is 4.74 Å². The molecule has 2 atom stereocenters. The third kappa shape index (κ3) is 5.06. The number of fused-ring (bicyclic) bond motifs is 2. The lowest BCUT2D eigenvalue weighted by molar-refractivity contribution is -0.137. The Morgan fingerprint density at radius 3 is 2.71 bits per heavy atom. The minimum Gasteiger partial charge on any atom is -0.481 e. The number of sulfonamides is 1. The van der Waals surface area contributed by atoms with E-state index in [9.17, 15) is 18.3 Å². The Morgan fingerprint density at radius 1 is 1.17 bits per heavy atom. The third-order valence-electron chi connectivity index (χ3n) is 7.99. The average Bonchev–Trinajstić information content (AvgIpc) is 3.71. The lowest BCUT2D eigenvalue weighted by Crippen LogP contribution is -2.37. The van der Waals surface area contributed by atoms with Crippen LogP contribution in [0.2, 0.25) is 0 Å². The van der Waals surface area contributed by atoms with Crippen molar-refractivity contribution in [2.75, 3.05) is 6.54 Å². The van der Waals surface area contributed by atoms with E-state index in [1.807, 2.05) is 49.7 Å². The molecule has 0 bridgehead atoms. The van der Waals surface area contributed by atoms with Gasteiger partial charge in [0.05, 0.1) is 36.8 Å². The Kier molecular flexibility index (Phi) is 6.98.